The molecule has 2 aliphatic rings. The maximum Gasteiger partial charge on any atom is 0.335 e. The summed E-state index contributed by atoms with van der Waals surface area (Å²) in [5.74, 6) is -1.25. The van der Waals surface area contributed by atoms with Gasteiger partial charge in [0.15, 0.2) is 5.79 Å². The standard InChI is InChI=1S/C15H19NO4/c1-11-10-12(14(17)18)2-3-13(11)16-6-4-15(5-7-16)19-8-9-20-15/h2-3,10H,4-9H2,1H3,(H,17,18). The fraction of sp³-hybridized carbons (Fsp3) is 0.533. The molecule has 0 aromatic heterocycles. The molecule has 0 saturated carbocycles. The number of carbonyl (C=O) groups is 1. The minimum Gasteiger partial charge on any atom is -0.478 e. The van der Waals surface area contributed by atoms with E-state index in [1.54, 1.807) is 12.1 Å². The Morgan fingerprint density at radius 3 is 2.45 bits per heavy atom. The van der Waals surface area contributed by atoms with E-state index in [1.165, 1.54) is 0 Å². The monoisotopic (exact) mass is 277 g/mol. The van der Waals surface area contributed by atoms with Gasteiger partial charge in [0.05, 0.1) is 18.8 Å². The lowest BCUT2D eigenvalue weighted by Crippen LogP contribution is -2.45. The van der Waals surface area contributed by atoms with Gasteiger partial charge in [0.25, 0.3) is 0 Å². The fourth-order valence-electron chi connectivity index (χ4n) is 3.02. The van der Waals surface area contributed by atoms with Gasteiger partial charge in [-0.05, 0) is 30.7 Å². The summed E-state index contributed by atoms with van der Waals surface area (Å²) in [5.41, 5.74) is 2.43. The minimum atomic E-state index is -0.884. The summed E-state index contributed by atoms with van der Waals surface area (Å²) in [5, 5.41) is 9.00. The van der Waals surface area contributed by atoms with Gasteiger partial charge in [-0.2, -0.15) is 0 Å². The van der Waals surface area contributed by atoms with E-state index in [1.807, 2.05) is 13.0 Å². The number of aryl methyl sites for hydroxylation is 1. The molecule has 1 aromatic carbocycles. The zero-order chi connectivity index (χ0) is 14.2. The second kappa shape index (κ2) is 5.07. The van der Waals surface area contributed by atoms with E-state index in [9.17, 15) is 4.79 Å². The van der Waals surface area contributed by atoms with E-state index in [4.69, 9.17) is 14.6 Å². The molecule has 2 heterocycles. The lowest BCUT2D eigenvalue weighted by molar-refractivity contribution is -0.169. The normalized spacial score (nSPS) is 21.4. The summed E-state index contributed by atoms with van der Waals surface area (Å²) >= 11 is 0. The van der Waals surface area contributed by atoms with E-state index in [2.05, 4.69) is 4.90 Å². The van der Waals surface area contributed by atoms with Gasteiger partial charge in [-0.1, -0.05) is 0 Å². The minimum absolute atomic E-state index is 0.335. The van der Waals surface area contributed by atoms with Gasteiger partial charge in [-0.3, -0.25) is 0 Å². The number of ether oxygens (including phenoxy) is 2. The zero-order valence-electron chi connectivity index (χ0n) is 11.6. The third kappa shape index (κ3) is 2.39. The number of benzene rings is 1. The summed E-state index contributed by atoms with van der Waals surface area (Å²) in [7, 11) is 0. The predicted molar refractivity (Wildman–Crippen MR) is 74.2 cm³/mol. The number of carboxylic acids is 1. The summed E-state index contributed by atoms with van der Waals surface area (Å²) in [6, 6.07) is 5.29. The van der Waals surface area contributed by atoms with Crippen LogP contribution < -0.4 is 4.90 Å². The van der Waals surface area contributed by atoms with E-state index in [0.29, 0.717) is 18.8 Å². The van der Waals surface area contributed by atoms with Gasteiger partial charge >= 0.3 is 5.97 Å². The molecule has 2 fully saturated rings. The Bertz CT molecular complexity index is 513. The van der Waals surface area contributed by atoms with Crippen LogP contribution in [-0.4, -0.2) is 43.2 Å². The van der Waals surface area contributed by atoms with Gasteiger partial charge in [0.1, 0.15) is 0 Å². The molecule has 5 heteroatoms. The maximum absolute atomic E-state index is 11.0. The summed E-state index contributed by atoms with van der Waals surface area (Å²) in [6.07, 6.45) is 1.71. The number of nitrogens with zero attached hydrogens (tertiary/aromatic N) is 1. The van der Waals surface area contributed by atoms with Crippen LogP contribution in [0.15, 0.2) is 18.2 Å². The Balaban J connectivity index is 1.73. The number of hydrogen-bond donors (Lipinski definition) is 1. The molecule has 2 aliphatic heterocycles. The van der Waals surface area contributed by atoms with Crippen LogP contribution in [0.3, 0.4) is 0 Å². The molecule has 1 N–H and O–H groups in total. The van der Waals surface area contributed by atoms with Crippen molar-refractivity contribution in [1.82, 2.24) is 0 Å². The number of hydrogen-bond acceptors (Lipinski definition) is 4. The SMILES string of the molecule is Cc1cc(C(=O)O)ccc1N1CCC2(CC1)OCCO2. The molecule has 0 amide bonds. The lowest BCUT2D eigenvalue weighted by atomic mass is 10.0. The molecule has 3 rings (SSSR count). The molecule has 1 aromatic rings. The lowest BCUT2D eigenvalue weighted by Gasteiger charge is -2.39. The topological polar surface area (TPSA) is 59.0 Å². The number of aromatic carboxylic acids is 1. The van der Waals surface area contributed by atoms with Crippen LogP contribution in [0.1, 0.15) is 28.8 Å². The van der Waals surface area contributed by atoms with Crippen molar-refractivity contribution < 1.29 is 19.4 Å². The Labute approximate surface area is 118 Å². The highest BCUT2D eigenvalue weighted by atomic mass is 16.7. The molecule has 0 radical (unpaired) electrons. The van der Waals surface area contributed by atoms with Crippen LogP contribution >= 0.6 is 0 Å². The highest BCUT2D eigenvalue weighted by Gasteiger charge is 2.39. The highest BCUT2D eigenvalue weighted by Crippen LogP contribution is 2.34. The second-order valence-corrected chi connectivity index (χ2v) is 5.40. The maximum atomic E-state index is 11.0. The van der Waals surface area contributed by atoms with Gasteiger partial charge in [-0.25, -0.2) is 4.79 Å². The zero-order valence-corrected chi connectivity index (χ0v) is 11.6. The van der Waals surface area contributed by atoms with Gasteiger partial charge in [0, 0.05) is 31.6 Å². The number of piperidine rings is 1. The number of rotatable bonds is 2. The van der Waals surface area contributed by atoms with E-state index in [0.717, 1.165) is 37.2 Å². The molecule has 20 heavy (non-hydrogen) atoms. The van der Waals surface area contributed by atoms with Crippen LogP contribution in [0, 0.1) is 6.92 Å². The van der Waals surface area contributed by atoms with Crippen molar-refractivity contribution >= 4 is 11.7 Å². The third-order valence-corrected chi connectivity index (χ3v) is 4.12. The van der Waals surface area contributed by atoms with Crippen LogP contribution in [0.5, 0.6) is 0 Å². The molecule has 0 unspecified atom stereocenters. The average molecular weight is 277 g/mol. The van der Waals surface area contributed by atoms with Crippen LogP contribution in [-0.2, 0) is 9.47 Å². The van der Waals surface area contributed by atoms with Crippen LogP contribution in [0.25, 0.3) is 0 Å². The Kier molecular flexibility index (Phi) is 3.40. The summed E-state index contributed by atoms with van der Waals surface area (Å²) in [4.78, 5) is 13.2. The molecule has 1 spiro atoms. The third-order valence-electron chi connectivity index (χ3n) is 4.12. The van der Waals surface area contributed by atoms with Gasteiger partial charge in [-0.15, -0.1) is 0 Å². The van der Waals surface area contributed by atoms with Crippen LogP contribution in [0.2, 0.25) is 0 Å². The Hall–Kier alpha value is -1.59. The first kappa shape index (κ1) is 13.4. The highest BCUT2D eigenvalue weighted by molar-refractivity contribution is 5.88. The molecule has 0 atom stereocenters. The van der Waals surface area contributed by atoms with Crippen LogP contribution in [0.4, 0.5) is 5.69 Å². The van der Waals surface area contributed by atoms with Crippen molar-refractivity contribution in [2.75, 3.05) is 31.2 Å². The Morgan fingerprint density at radius 2 is 1.90 bits per heavy atom. The molecule has 5 nitrogen and oxygen atoms in total. The molecule has 0 aliphatic carbocycles. The first-order valence-corrected chi connectivity index (χ1v) is 6.96. The van der Waals surface area contributed by atoms with Gasteiger partial charge < -0.3 is 19.5 Å². The fourth-order valence-corrected chi connectivity index (χ4v) is 3.02. The molecular formula is C15H19NO4. The van der Waals surface area contributed by atoms with E-state index < -0.39 is 5.97 Å². The quantitative estimate of drug-likeness (QED) is 0.896. The summed E-state index contributed by atoms with van der Waals surface area (Å²) < 4.78 is 11.4. The predicted octanol–water partition coefficient (Wildman–Crippen LogP) is 2.04. The average Bonchev–Trinajstić information content (AvgIpc) is 2.88. The van der Waals surface area contributed by atoms with E-state index >= 15 is 0 Å². The first-order valence-electron chi connectivity index (χ1n) is 6.96. The van der Waals surface area contributed by atoms with Gasteiger partial charge in [0.2, 0.25) is 0 Å². The number of carboxylic acid groups (broad SMARTS) is 1. The Morgan fingerprint density at radius 1 is 1.25 bits per heavy atom. The summed E-state index contributed by atoms with van der Waals surface area (Å²) in [6.45, 7) is 5.06. The van der Waals surface area contributed by atoms with Crippen molar-refractivity contribution in [3.05, 3.63) is 29.3 Å². The molecule has 108 valence electrons. The first-order chi connectivity index (χ1) is 9.60. The smallest absolute Gasteiger partial charge is 0.335 e. The van der Waals surface area contributed by atoms with E-state index in [-0.39, 0.29) is 5.79 Å². The van der Waals surface area contributed by atoms with Crippen molar-refractivity contribution in [3.8, 4) is 0 Å². The molecular weight excluding hydrogens is 258 g/mol. The number of anilines is 1. The molecule has 2 saturated heterocycles. The second-order valence-electron chi connectivity index (χ2n) is 5.40. The van der Waals surface area contributed by atoms with Crippen molar-refractivity contribution in [2.45, 2.75) is 25.6 Å². The molecule has 0 bridgehead atoms. The van der Waals surface area contributed by atoms with Crippen molar-refractivity contribution in [1.29, 1.82) is 0 Å². The van der Waals surface area contributed by atoms with Crippen molar-refractivity contribution in [3.63, 3.8) is 0 Å². The largest absolute Gasteiger partial charge is 0.478 e. The van der Waals surface area contributed by atoms with Crippen molar-refractivity contribution in [2.24, 2.45) is 0 Å².